The van der Waals surface area contributed by atoms with Crippen molar-refractivity contribution in [2.45, 2.75) is 13.5 Å². The van der Waals surface area contributed by atoms with Crippen molar-refractivity contribution < 1.29 is 9.53 Å². The molecule has 0 atom stereocenters. The van der Waals surface area contributed by atoms with Gasteiger partial charge < -0.3 is 10.1 Å². The minimum absolute atomic E-state index is 0.137. The summed E-state index contributed by atoms with van der Waals surface area (Å²) in [6.07, 6.45) is 0. The summed E-state index contributed by atoms with van der Waals surface area (Å²) >= 11 is 6.65. The van der Waals surface area contributed by atoms with Gasteiger partial charge in [-0.15, -0.1) is 5.10 Å². The van der Waals surface area contributed by atoms with Crippen LogP contribution in [-0.4, -0.2) is 22.3 Å². The van der Waals surface area contributed by atoms with E-state index in [-0.39, 0.29) is 5.91 Å². The molecule has 0 radical (unpaired) electrons. The molecule has 2 aromatic carbocycles. The summed E-state index contributed by atoms with van der Waals surface area (Å²) in [7, 11) is 0. The number of aromatic nitrogens is 2. The second kappa shape index (κ2) is 8.04. The van der Waals surface area contributed by atoms with Crippen molar-refractivity contribution in [3.63, 3.8) is 0 Å². The summed E-state index contributed by atoms with van der Waals surface area (Å²) in [5.41, 5.74) is 2.39. The van der Waals surface area contributed by atoms with Gasteiger partial charge in [0, 0.05) is 11.3 Å². The Morgan fingerprint density at radius 1 is 1.20 bits per heavy atom. The molecule has 0 saturated carbocycles. The fourth-order valence-corrected chi connectivity index (χ4v) is 3.22. The molecule has 1 aromatic heterocycles. The van der Waals surface area contributed by atoms with E-state index < -0.39 is 0 Å². The van der Waals surface area contributed by atoms with Gasteiger partial charge in [-0.25, -0.2) is 4.68 Å². The van der Waals surface area contributed by atoms with Crippen LogP contribution in [0.5, 0.6) is 5.19 Å². The van der Waals surface area contributed by atoms with Crippen LogP contribution in [0.3, 0.4) is 0 Å². The number of hydrogen-bond acceptors (Lipinski definition) is 5. The maximum atomic E-state index is 12.3. The number of amides is 1. The van der Waals surface area contributed by atoms with Crippen molar-refractivity contribution in [3.05, 3.63) is 69.7 Å². The van der Waals surface area contributed by atoms with Crippen molar-refractivity contribution >= 4 is 35.1 Å². The first kappa shape index (κ1) is 17.3. The number of ether oxygens (including phenoxy) is 1. The summed E-state index contributed by atoms with van der Waals surface area (Å²) in [5.74, 6) is -0.137. The summed E-state index contributed by atoms with van der Waals surface area (Å²) in [4.78, 5) is 12.3. The Kier molecular flexibility index (Phi) is 5.57. The molecule has 128 valence electrons. The molecule has 5 nitrogen and oxygen atoms in total. The summed E-state index contributed by atoms with van der Waals surface area (Å²) in [6.45, 7) is 3.02. The van der Waals surface area contributed by atoms with Crippen LogP contribution in [0.1, 0.15) is 22.8 Å². The zero-order valence-electron chi connectivity index (χ0n) is 13.6. The van der Waals surface area contributed by atoms with E-state index in [1.165, 1.54) is 11.3 Å². The number of carbonyl (C=O) groups is 1. The number of benzene rings is 2. The van der Waals surface area contributed by atoms with Gasteiger partial charge in [0.15, 0.2) is 3.95 Å². The van der Waals surface area contributed by atoms with Crippen LogP contribution in [0.25, 0.3) is 0 Å². The quantitative estimate of drug-likeness (QED) is 0.654. The Labute approximate surface area is 154 Å². The molecule has 1 N–H and O–H groups in total. The Morgan fingerprint density at radius 3 is 2.60 bits per heavy atom. The lowest BCUT2D eigenvalue weighted by Crippen LogP contribution is -2.12. The van der Waals surface area contributed by atoms with Crippen LogP contribution < -0.4 is 10.1 Å². The molecule has 3 aromatic rings. The van der Waals surface area contributed by atoms with Crippen molar-refractivity contribution in [2.75, 3.05) is 11.9 Å². The maximum absolute atomic E-state index is 12.3. The van der Waals surface area contributed by atoms with Crippen molar-refractivity contribution in [1.82, 2.24) is 9.78 Å². The minimum Gasteiger partial charge on any atom is -0.469 e. The third-order valence-electron chi connectivity index (χ3n) is 3.44. The van der Waals surface area contributed by atoms with Crippen LogP contribution in [0, 0.1) is 3.95 Å². The highest BCUT2D eigenvalue weighted by Gasteiger charge is 2.08. The summed E-state index contributed by atoms with van der Waals surface area (Å²) < 4.78 is 7.77. The van der Waals surface area contributed by atoms with E-state index in [9.17, 15) is 4.79 Å². The summed E-state index contributed by atoms with van der Waals surface area (Å²) in [6, 6.07) is 16.8. The van der Waals surface area contributed by atoms with Gasteiger partial charge in [0.05, 0.1) is 13.2 Å². The Hall–Kier alpha value is -2.51. The van der Waals surface area contributed by atoms with E-state index in [0.717, 1.165) is 11.3 Å². The number of hydrogen-bond donors (Lipinski definition) is 1. The van der Waals surface area contributed by atoms with Gasteiger partial charge in [-0.05, 0) is 60.3 Å². The third kappa shape index (κ3) is 4.52. The second-order valence-electron chi connectivity index (χ2n) is 5.24. The SMILES string of the molecule is CCOc1nn(Cc2ccc(C(=O)Nc3ccccc3)cc2)c(=S)s1. The average Bonchev–Trinajstić information content (AvgIpc) is 2.96. The molecule has 0 aliphatic heterocycles. The van der Waals surface area contributed by atoms with Crippen molar-refractivity contribution in [2.24, 2.45) is 0 Å². The molecule has 0 fully saturated rings. The average molecular weight is 371 g/mol. The third-order valence-corrected chi connectivity index (χ3v) is 4.66. The molecule has 0 unspecified atom stereocenters. The monoisotopic (exact) mass is 371 g/mol. The predicted octanol–water partition coefficient (Wildman–Crippen LogP) is 4.37. The molecule has 0 saturated heterocycles. The fraction of sp³-hybridized carbons (Fsp3) is 0.167. The number of para-hydroxylation sites is 1. The van der Waals surface area contributed by atoms with Crippen LogP contribution >= 0.6 is 23.6 Å². The largest absolute Gasteiger partial charge is 0.469 e. The standard InChI is InChI=1S/C18H17N3O2S2/c1-2-23-17-20-21(18(24)25-17)12-13-8-10-14(11-9-13)16(22)19-15-6-4-3-5-7-15/h3-11H,2,12H2,1H3,(H,19,22). The van der Waals surface area contributed by atoms with E-state index in [1.54, 1.807) is 16.8 Å². The highest BCUT2D eigenvalue weighted by atomic mass is 32.1. The van der Waals surface area contributed by atoms with Gasteiger partial charge in [-0.1, -0.05) is 30.3 Å². The van der Waals surface area contributed by atoms with E-state index in [0.29, 0.717) is 27.9 Å². The topological polar surface area (TPSA) is 56.2 Å². The fourth-order valence-electron chi connectivity index (χ4n) is 2.23. The molecule has 1 heterocycles. The zero-order chi connectivity index (χ0) is 17.6. The second-order valence-corrected chi connectivity index (χ2v) is 6.83. The smallest absolute Gasteiger partial charge is 0.293 e. The van der Waals surface area contributed by atoms with Gasteiger partial charge in [0.1, 0.15) is 0 Å². The lowest BCUT2D eigenvalue weighted by Gasteiger charge is -2.06. The van der Waals surface area contributed by atoms with E-state index >= 15 is 0 Å². The molecular weight excluding hydrogens is 354 g/mol. The first-order valence-corrected chi connectivity index (χ1v) is 9.04. The maximum Gasteiger partial charge on any atom is 0.293 e. The molecule has 0 bridgehead atoms. The lowest BCUT2D eigenvalue weighted by atomic mass is 10.1. The van der Waals surface area contributed by atoms with E-state index in [2.05, 4.69) is 10.4 Å². The van der Waals surface area contributed by atoms with Crippen molar-refractivity contribution in [3.8, 4) is 5.19 Å². The zero-order valence-corrected chi connectivity index (χ0v) is 15.3. The molecule has 0 aliphatic rings. The highest BCUT2D eigenvalue weighted by molar-refractivity contribution is 7.73. The van der Waals surface area contributed by atoms with Gasteiger partial charge in [-0.2, -0.15) is 0 Å². The number of nitrogens with one attached hydrogen (secondary N) is 1. The molecule has 0 spiro atoms. The molecule has 7 heteroatoms. The minimum atomic E-state index is -0.137. The first-order valence-electron chi connectivity index (χ1n) is 7.82. The molecule has 0 aliphatic carbocycles. The number of rotatable bonds is 6. The number of nitrogens with zero attached hydrogens (tertiary/aromatic N) is 2. The van der Waals surface area contributed by atoms with Gasteiger partial charge in [0.25, 0.3) is 11.1 Å². The Balaban J connectivity index is 1.68. The van der Waals surface area contributed by atoms with E-state index in [4.69, 9.17) is 17.0 Å². The van der Waals surface area contributed by atoms with E-state index in [1.807, 2.05) is 49.4 Å². The van der Waals surface area contributed by atoms with Gasteiger partial charge in [-0.3, -0.25) is 4.79 Å². The highest BCUT2D eigenvalue weighted by Crippen LogP contribution is 2.18. The summed E-state index contributed by atoms with van der Waals surface area (Å²) in [5, 5.41) is 7.78. The Bertz CT molecular complexity index is 902. The van der Waals surface area contributed by atoms with Gasteiger partial charge in [0.2, 0.25) is 0 Å². The molecule has 3 rings (SSSR count). The van der Waals surface area contributed by atoms with Crippen LogP contribution in [0.4, 0.5) is 5.69 Å². The van der Waals surface area contributed by atoms with Crippen LogP contribution in [-0.2, 0) is 6.54 Å². The number of carbonyl (C=O) groups excluding carboxylic acids is 1. The normalized spacial score (nSPS) is 10.4. The number of anilines is 1. The van der Waals surface area contributed by atoms with Gasteiger partial charge >= 0.3 is 0 Å². The molecular formula is C18H17N3O2S2. The lowest BCUT2D eigenvalue weighted by molar-refractivity contribution is 0.102. The first-order chi connectivity index (χ1) is 12.2. The molecule has 25 heavy (non-hydrogen) atoms. The predicted molar refractivity (Wildman–Crippen MR) is 102 cm³/mol. The van der Waals surface area contributed by atoms with Crippen LogP contribution in [0.15, 0.2) is 54.6 Å². The van der Waals surface area contributed by atoms with Crippen LogP contribution in [0.2, 0.25) is 0 Å². The van der Waals surface area contributed by atoms with Crippen molar-refractivity contribution in [1.29, 1.82) is 0 Å². The molecule has 1 amide bonds. The Morgan fingerprint density at radius 2 is 1.92 bits per heavy atom.